The Bertz CT molecular complexity index is 1310. The minimum absolute atomic E-state index is 0.130. The Hall–Kier alpha value is -3.83. The molecule has 2 aromatic rings. The molecular formula is C26H29NO10. The van der Waals surface area contributed by atoms with Crippen molar-refractivity contribution in [3.63, 3.8) is 0 Å². The van der Waals surface area contributed by atoms with E-state index in [-0.39, 0.29) is 29.2 Å². The number of ether oxygens (including phenoxy) is 6. The van der Waals surface area contributed by atoms with Gasteiger partial charge in [0, 0.05) is 12.7 Å². The number of hydrogen-bond donors (Lipinski definition) is 0. The van der Waals surface area contributed by atoms with Crippen LogP contribution in [0.4, 0.5) is 4.79 Å². The summed E-state index contributed by atoms with van der Waals surface area (Å²) in [5.41, 5.74) is -0.569. The molecule has 1 aromatic heterocycles. The van der Waals surface area contributed by atoms with E-state index in [1.165, 1.54) is 14.2 Å². The smallest absolute Gasteiger partial charge is 0.488 e. The van der Waals surface area contributed by atoms with Crippen LogP contribution in [0.3, 0.4) is 0 Å². The number of methoxy groups -OCH3 is 1. The third-order valence-electron chi connectivity index (χ3n) is 6.35. The quantitative estimate of drug-likeness (QED) is 0.161. The first-order valence-electron chi connectivity index (χ1n) is 11.5. The van der Waals surface area contributed by atoms with Gasteiger partial charge in [-0.2, -0.15) is 0 Å². The van der Waals surface area contributed by atoms with E-state index in [4.69, 9.17) is 37.7 Å². The van der Waals surface area contributed by atoms with Crippen molar-refractivity contribution in [3.05, 3.63) is 59.0 Å². The second-order valence-electron chi connectivity index (χ2n) is 8.68. The molecule has 2 fully saturated rings. The molecule has 0 bridgehead atoms. The molecule has 3 heterocycles. The van der Waals surface area contributed by atoms with E-state index >= 15 is 0 Å². The van der Waals surface area contributed by atoms with E-state index < -0.39 is 42.0 Å². The van der Waals surface area contributed by atoms with Gasteiger partial charge in [0.25, 0.3) is 0 Å². The first-order chi connectivity index (χ1) is 17.7. The normalized spacial score (nSPS) is 27.2. The number of hydrogen-bond acceptors (Lipinski definition) is 11. The molecule has 198 valence electrons. The van der Waals surface area contributed by atoms with Crippen molar-refractivity contribution < 1.29 is 42.5 Å². The molecule has 0 N–H and O–H groups in total. The van der Waals surface area contributed by atoms with Gasteiger partial charge >= 0.3 is 11.8 Å². The monoisotopic (exact) mass is 515 g/mol. The van der Waals surface area contributed by atoms with Gasteiger partial charge in [0.2, 0.25) is 12.4 Å². The third-order valence-corrected chi connectivity index (χ3v) is 6.35. The number of oxime groups is 1. The number of rotatable bonds is 9. The minimum Gasteiger partial charge on any atom is -0.488 e. The molecule has 11 heteroatoms. The lowest BCUT2D eigenvalue weighted by atomic mass is 9.88. The van der Waals surface area contributed by atoms with Gasteiger partial charge in [-0.05, 0) is 32.9 Å². The van der Waals surface area contributed by atoms with Crippen molar-refractivity contribution in [1.29, 1.82) is 0 Å². The maximum absolute atomic E-state index is 13.0. The average molecular weight is 516 g/mol. The number of fused-ring (bicyclic) bond motifs is 2. The highest BCUT2D eigenvalue weighted by Crippen LogP contribution is 2.41. The third kappa shape index (κ3) is 4.56. The van der Waals surface area contributed by atoms with Gasteiger partial charge in [-0.3, -0.25) is 0 Å². The minimum atomic E-state index is -1.07. The molecule has 4 rings (SSSR count). The highest BCUT2D eigenvalue weighted by molar-refractivity contribution is 6.05. The number of carbonyl (C=O) groups is 1. The van der Waals surface area contributed by atoms with Crippen LogP contribution >= 0.6 is 0 Å². The van der Waals surface area contributed by atoms with Crippen molar-refractivity contribution in [3.8, 4) is 11.5 Å². The molecular weight excluding hydrogens is 486 g/mol. The molecule has 0 amide bonds. The molecule has 0 spiro atoms. The summed E-state index contributed by atoms with van der Waals surface area (Å²) in [6.07, 6.45) is -1.17. The Kier molecular flexibility index (Phi) is 7.28. The Morgan fingerprint density at radius 2 is 1.92 bits per heavy atom. The fourth-order valence-electron chi connectivity index (χ4n) is 4.56. The van der Waals surface area contributed by atoms with Gasteiger partial charge in [0.15, 0.2) is 6.10 Å². The molecule has 2 aliphatic rings. The van der Waals surface area contributed by atoms with E-state index in [0.29, 0.717) is 16.7 Å². The van der Waals surface area contributed by atoms with Crippen LogP contribution in [0.5, 0.6) is 11.5 Å². The highest BCUT2D eigenvalue weighted by atomic mass is 16.8. The number of benzene rings is 1. The first-order valence-corrected chi connectivity index (χ1v) is 11.5. The van der Waals surface area contributed by atoms with Crippen molar-refractivity contribution in [2.75, 3.05) is 20.8 Å². The van der Waals surface area contributed by atoms with Crippen molar-refractivity contribution in [2.24, 2.45) is 5.16 Å². The van der Waals surface area contributed by atoms with Crippen molar-refractivity contribution >= 4 is 22.8 Å². The fourth-order valence-corrected chi connectivity index (χ4v) is 4.56. The molecule has 0 aliphatic carbocycles. The Morgan fingerprint density at radius 3 is 2.57 bits per heavy atom. The van der Waals surface area contributed by atoms with Gasteiger partial charge in [-0.1, -0.05) is 23.9 Å². The predicted octanol–water partition coefficient (Wildman–Crippen LogP) is 3.64. The molecule has 11 nitrogen and oxygen atoms in total. The summed E-state index contributed by atoms with van der Waals surface area (Å²) in [7, 11) is 2.86. The van der Waals surface area contributed by atoms with Crippen molar-refractivity contribution in [2.45, 2.75) is 51.0 Å². The molecule has 0 saturated carbocycles. The van der Waals surface area contributed by atoms with Crippen LogP contribution in [0.1, 0.15) is 25.0 Å². The number of aryl methyl sites for hydroxylation is 1. The molecule has 2 saturated heterocycles. The van der Waals surface area contributed by atoms with Crippen molar-refractivity contribution in [1.82, 2.24) is 0 Å². The number of nitrogens with zero attached hydrogens (tertiary/aromatic N) is 1. The van der Waals surface area contributed by atoms with Crippen LogP contribution in [-0.2, 0) is 23.8 Å². The van der Waals surface area contributed by atoms with E-state index in [2.05, 4.69) is 18.3 Å². The van der Waals surface area contributed by atoms with Crippen LogP contribution in [0.2, 0.25) is 0 Å². The lowest BCUT2D eigenvalue weighted by Gasteiger charge is -2.45. The standard InChI is InChI=1S/C26H29NO10/c1-8-12-32-19-15-10-11-16(13(3)18(15)34-23(28)17(19)14(4)27-31-7)33-24-21-20(35-25(29)36-21)22(30-6)26(5,9-2)37-24/h8-11,20-22,24H,1-2,12H2,3-7H3/b27-14-/t20-,21+,22+,24?,26-/m0/s1. The van der Waals surface area contributed by atoms with Gasteiger partial charge in [-0.15, -0.1) is 6.58 Å². The molecule has 2 aliphatic heterocycles. The zero-order chi connectivity index (χ0) is 26.9. The Morgan fingerprint density at radius 1 is 1.19 bits per heavy atom. The summed E-state index contributed by atoms with van der Waals surface area (Å²) in [6, 6.07) is 3.36. The summed E-state index contributed by atoms with van der Waals surface area (Å²) in [5, 5.41) is 4.37. The molecule has 37 heavy (non-hydrogen) atoms. The second-order valence-corrected chi connectivity index (χ2v) is 8.68. The molecule has 0 radical (unpaired) electrons. The summed E-state index contributed by atoms with van der Waals surface area (Å²) in [5.74, 6) is 0.600. The van der Waals surface area contributed by atoms with E-state index in [1.807, 2.05) is 0 Å². The van der Waals surface area contributed by atoms with Gasteiger partial charge < -0.3 is 37.7 Å². The summed E-state index contributed by atoms with van der Waals surface area (Å²) in [6.45, 7) is 12.7. The SMILES string of the molecule is C=CCOc1c(/C(C)=N\OC)c(=O)oc2c(C)c(OC3O[C@@](C)(C=C)[C@H](OC)[C@H]4OC(=O)O[C@@H]34)ccc12. The lowest BCUT2D eigenvalue weighted by Crippen LogP contribution is -2.63. The zero-order valence-corrected chi connectivity index (χ0v) is 21.3. The van der Waals surface area contributed by atoms with Crippen LogP contribution < -0.4 is 15.1 Å². The van der Waals surface area contributed by atoms with Gasteiger partial charge in [0.05, 0.1) is 11.1 Å². The van der Waals surface area contributed by atoms with Crippen LogP contribution in [0, 0.1) is 6.92 Å². The number of carbonyl (C=O) groups excluding carboxylic acids is 1. The van der Waals surface area contributed by atoms with E-state index in [0.717, 1.165) is 0 Å². The second kappa shape index (κ2) is 10.3. The summed E-state index contributed by atoms with van der Waals surface area (Å²) < 4.78 is 40.1. The fraction of sp³-hybridized carbons (Fsp3) is 0.423. The van der Waals surface area contributed by atoms with E-state index in [9.17, 15) is 9.59 Å². The molecule has 1 aromatic carbocycles. The van der Waals surface area contributed by atoms with E-state index in [1.54, 1.807) is 45.1 Å². The zero-order valence-electron chi connectivity index (χ0n) is 21.3. The molecule has 5 atom stereocenters. The highest BCUT2D eigenvalue weighted by Gasteiger charge is 2.59. The van der Waals surface area contributed by atoms with Crippen LogP contribution in [-0.4, -0.2) is 62.9 Å². The van der Waals surface area contributed by atoms with Crippen LogP contribution in [0.15, 0.2) is 51.8 Å². The summed E-state index contributed by atoms with van der Waals surface area (Å²) in [4.78, 5) is 29.8. The maximum atomic E-state index is 13.0. The topological polar surface area (TPSA) is 124 Å². The van der Waals surface area contributed by atoms with Gasteiger partial charge in [0.1, 0.15) is 48.1 Å². The average Bonchev–Trinajstić information content (AvgIpc) is 3.25. The van der Waals surface area contributed by atoms with Gasteiger partial charge in [-0.25, -0.2) is 9.59 Å². The predicted molar refractivity (Wildman–Crippen MR) is 132 cm³/mol. The maximum Gasteiger partial charge on any atom is 0.509 e. The molecule has 1 unspecified atom stereocenters. The lowest BCUT2D eigenvalue weighted by molar-refractivity contribution is -0.272. The largest absolute Gasteiger partial charge is 0.509 e. The Labute approximate surface area is 213 Å². The summed E-state index contributed by atoms with van der Waals surface area (Å²) >= 11 is 0. The first kappa shape index (κ1) is 26.2. The van der Waals surface area contributed by atoms with Crippen LogP contribution in [0.25, 0.3) is 11.0 Å². The Balaban J connectivity index is 1.78.